The Labute approximate surface area is 175 Å². The van der Waals surface area contributed by atoms with Gasteiger partial charge in [-0.1, -0.05) is 11.6 Å². The van der Waals surface area contributed by atoms with Gasteiger partial charge in [0.15, 0.2) is 0 Å². The Bertz CT molecular complexity index is 767. The Morgan fingerprint density at radius 1 is 1.24 bits per heavy atom. The highest BCUT2D eigenvalue weighted by Crippen LogP contribution is 2.38. The number of carbonyl (C=O) groups is 2. The molecular weight excluding hydrogens is 397 g/mol. The molecule has 3 atom stereocenters. The van der Waals surface area contributed by atoms with Gasteiger partial charge in [-0.25, -0.2) is 4.39 Å². The van der Waals surface area contributed by atoms with E-state index in [1.807, 2.05) is 6.92 Å². The number of ether oxygens (including phenoxy) is 1. The van der Waals surface area contributed by atoms with Crippen LogP contribution in [0.3, 0.4) is 0 Å². The molecule has 8 heteroatoms. The SMILES string of the molecule is CC1(NC(=O)CN2[C@@H]3CC[C@H]2C[C@H](CNC(=O)c2cc(F)cc(Cl)c2)C3)COC1. The zero-order valence-corrected chi connectivity index (χ0v) is 17.3. The first kappa shape index (κ1) is 20.6. The van der Waals surface area contributed by atoms with Crippen LogP contribution in [0.5, 0.6) is 0 Å². The fourth-order valence-electron chi connectivity index (χ4n) is 4.86. The number of piperidine rings is 1. The van der Waals surface area contributed by atoms with E-state index in [2.05, 4.69) is 15.5 Å². The van der Waals surface area contributed by atoms with E-state index >= 15 is 0 Å². The Balaban J connectivity index is 1.27. The first-order valence-electron chi connectivity index (χ1n) is 10.2. The van der Waals surface area contributed by atoms with Gasteiger partial charge in [-0.05, 0) is 56.7 Å². The Morgan fingerprint density at radius 2 is 1.93 bits per heavy atom. The minimum atomic E-state index is -0.519. The fourth-order valence-corrected chi connectivity index (χ4v) is 5.08. The largest absolute Gasteiger partial charge is 0.376 e. The molecule has 0 radical (unpaired) electrons. The first-order chi connectivity index (χ1) is 13.8. The summed E-state index contributed by atoms with van der Waals surface area (Å²) in [5.41, 5.74) is 0.0130. The smallest absolute Gasteiger partial charge is 0.251 e. The van der Waals surface area contributed by atoms with Crippen LogP contribution >= 0.6 is 11.6 Å². The van der Waals surface area contributed by atoms with E-state index in [1.165, 1.54) is 18.2 Å². The van der Waals surface area contributed by atoms with Gasteiger partial charge < -0.3 is 15.4 Å². The van der Waals surface area contributed by atoms with Crippen molar-refractivity contribution in [1.29, 1.82) is 0 Å². The summed E-state index contributed by atoms with van der Waals surface area (Å²) in [5.74, 6) is -0.411. The highest BCUT2D eigenvalue weighted by molar-refractivity contribution is 6.31. The maximum absolute atomic E-state index is 13.5. The van der Waals surface area contributed by atoms with Crippen LogP contribution in [-0.2, 0) is 9.53 Å². The second-order valence-electron chi connectivity index (χ2n) is 8.86. The summed E-state index contributed by atoms with van der Waals surface area (Å²) in [6.07, 6.45) is 4.08. The van der Waals surface area contributed by atoms with Crippen molar-refractivity contribution < 1.29 is 18.7 Å². The van der Waals surface area contributed by atoms with Crippen LogP contribution in [0.2, 0.25) is 5.02 Å². The number of fused-ring (bicyclic) bond motifs is 2. The summed E-state index contributed by atoms with van der Waals surface area (Å²) < 4.78 is 18.7. The minimum absolute atomic E-state index is 0.0578. The summed E-state index contributed by atoms with van der Waals surface area (Å²) in [5, 5.41) is 6.21. The average molecular weight is 424 g/mol. The van der Waals surface area contributed by atoms with E-state index in [9.17, 15) is 14.0 Å². The maximum atomic E-state index is 13.5. The number of benzene rings is 1. The highest BCUT2D eigenvalue weighted by atomic mass is 35.5. The van der Waals surface area contributed by atoms with Crippen molar-refractivity contribution in [2.75, 3.05) is 26.3 Å². The monoisotopic (exact) mass is 423 g/mol. The Morgan fingerprint density at radius 3 is 2.52 bits per heavy atom. The topological polar surface area (TPSA) is 70.7 Å². The molecule has 0 saturated carbocycles. The fraction of sp³-hybridized carbons (Fsp3) is 0.619. The number of rotatable bonds is 6. The van der Waals surface area contributed by atoms with Gasteiger partial charge in [-0.2, -0.15) is 0 Å². The molecule has 2 N–H and O–H groups in total. The molecule has 0 aromatic heterocycles. The second kappa shape index (κ2) is 8.20. The van der Waals surface area contributed by atoms with Crippen LogP contribution in [0.4, 0.5) is 4.39 Å². The Hall–Kier alpha value is -1.70. The van der Waals surface area contributed by atoms with Crippen LogP contribution in [0.1, 0.15) is 43.0 Å². The maximum Gasteiger partial charge on any atom is 0.251 e. The second-order valence-corrected chi connectivity index (χ2v) is 9.30. The molecule has 0 spiro atoms. The number of nitrogens with zero attached hydrogens (tertiary/aromatic N) is 1. The van der Waals surface area contributed by atoms with E-state index in [1.54, 1.807) is 0 Å². The molecule has 3 aliphatic heterocycles. The molecule has 2 amide bonds. The predicted molar refractivity (Wildman–Crippen MR) is 107 cm³/mol. The van der Waals surface area contributed by atoms with Gasteiger partial charge >= 0.3 is 0 Å². The van der Waals surface area contributed by atoms with Crippen molar-refractivity contribution in [3.63, 3.8) is 0 Å². The van der Waals surface area contributed by atoms with Gasteiger partial charge in [0, 0.05) is 29.2 Å². The van der Waals surface area contributed by atoms with E-state index in [0.29, 0.717) is 44.3 Å². The molecule has 3 heterocycles. The molecule has 1 aromatic rings. The van der Waals surface area contributed by atoms with Crippen molar-refractivity contribution in [2.24, 2.45) is 5.92 Å². The summed E-state index contributed by atoms with van der Waals surface area (Å²) >= 11 is 5.83. The molecule has 3 aliphatic rings. The van der Waals surface area contributed by atoms with Crippen molar-refractivity contribution >= 4 is 23.4 Å². The molecule has 158 valence electrons. The minimum Gasteiger partial charge on any atom is -0.376 e. The summed E-state index contributed by atoms with van der Waals surface area (Å²) in [6.45, 7) is 4.12. The number of amides is 2. The lowest BCUT2D eigenvalue weighted by Gasteiger charge is -2.41. The van der Waals surface area contributed by atoms with Gasteiger partial charge in [0.25, 0.3) is 5.91 Å². The van der Waals surface area contributed by atoms with Crippen LogP contribution in [0.25, 0.3) is 0 Å². The lowest BCUT2D eigenvalue weighted by atomic mass is 9.90. The standard InChI is InChI=1S/C21H27ClFN3O3/c1-21(11-29-12-21)25-19(27)10-26-17-2-3-18(26)5-13(4-17)9-24-20(28)14-6-15(22)8-16(23)7-14/h6-8,13,17-18H,2-5,9-12H2,1H3,(H,24,28)(H,25,27)/t13-,17-,18+. The van der Waals surface area contributed by atoms with Gasteiger partial charge in [0.1, 0.15) is 5.82 Å². The predicted octanol–water partition coefficient (Wildman–Crippen LogP) is 2.36. The zero-order chi connectivity index (χ0) is 20.6. The third-order valence-electron chi connectivity index (χ3n) is 6.27. The molecule has 2 bridgehead atoms. The highest BCUT2D eigenvalue weighted by Gasteiger charge is 2.42. The van der Waals surface area contributed by atoms with Crippen LogP contribution in [0.15, 0.2) is 18.2 Å². The normalized spacial score (nSPS) is 27.9. The number of halogens is 2. The molecule has 29 heavy (non-hydrogen) atoms. The van der Waals surface area contributed by atoms with Gasteiger partial charge in [0.2, 0.25) is 5.91 Å². The molecule has 0 unspecified atom stereocenters. The van der Waals surface area contributed by atoms with Crippen molar-refractivity contribution in [2.45, 2.75) is 50.2 Å². The molecule has 6 nitrogen and oxygen atoms in total. The number of carbonyl (C=O) groups excluding carboxylic acids is 2. The zero-order valence-electron chi connectivity index (χ0n) is 16.5. The van der Waals surface area contributed by atoms with Gasteiger partial charge in [-0.15, -0.1) is 0 Å². The molecular formula is C21H27ClFN3O3. The average Bonchev–Trinajstić information content (AvgIpc) is 2.86. The first-order valence-corrected chi connectivity index (χ1v) is 10.6. The molecule has 1 aromatic carbocycles. The number of hydrogen-bond donors (Lipinski definition) is 2. The lowest BCUT2D eigenvalue weighted by Crippen LogP contribution is -2.62. The van der Waals surface area contributed by atoms with Gasteiger partial charge in [-0.3, -0.25) is 14.5 Å². The van der Waals surface area contributed by atoms with Crippen molar-refractivity contribution in [3.05, 3.63) is 34.6 Å². The van der Waals surface area contributed by atoms with E-state index in [-0.39, 0.29) is 27.9 Å². The Kier molecular flexibility index (Phi) is 5.82. The molecule has 3 fully saturated rings. The summed E-state index contributed by atoms with van der Waals surface area (Å²) in [6, 6.07) is 4.59. The lowest BCUT2D eigenvalue weighted by molar-refractivity contribution is -0.133. The van der Waals surface area contributed by atoms with Crippen molar-refractivity contribution in [1.82, 2.24) is 15.5 Å². The van der Waals surface area contributed by atoms with E-state index in [4.69, 9.17) is 16.3 Å². The van der Waals surface area contributed by atoms with Crippen molar-refractivity contribution in [3.8, 4) is 0 Å². The molecule has 3 saturated heterocycles. The molecule has 0 aliphatic carbocycles. The number of hydrogen-bond acceptors (Lipinski definition) is 4. The van der Waals surface area contributed by atoms with Crippen LogP contribution in [-0.4, -0.2) is 60.6 Å². The van der Waals surface area contributed by atoms with E-state index in [0.717, 1.165) is 25.7 Å². The summed E-state index contributed by atoms with van der Waals surface area (Å²) in [7, 11) is 0. The van der Waals surface area contributed by atoms with Crippen LogP contribution < -0.4 is 10.6 Å². The third kappa shape index (κ3) is 4.73. The van der Waals surface area contributed by atoms with Gasteiger partial charge in [0.05, 0.1) is 25.3 Å². The molecule has 4 rings (SSSR count). The quantitative estimate of drug-likeness (QED) is 0.737. The van der Waals surface area contributed by atoms with Crippen LogP contribution in [0, 0.1) is 11.7 Å². The third-order valence-corrected chi connectivity index (χ3v) is 6.48. The van der Waals surface area contributed by atoms with E-state index < -0.39 is 5.82 Å². The summed E-state index contributed by atoms with van der Waals surface area (Å²) in [4.78, 5) is 27.1. The number of nitrogens with one attached hydrogen (secondary N) is 2.